The highest BCUT2D eigenvalue weighted by Crippen LogP contribution is 2.61. The van der Waals surface area contributed by atoms with Crippen molar-refractivity contribution in [3.63, 3.8) is 0 Å². The SMILES string of the molecule is COc1ccc(C(=O)NC(C)C23CC4CC(CC(C4)C2)C3)cc1S(=O)(=O)NC1CC1. The van der Waals surface area contributed by atoms with Crippen molar-refractivity contribution in [3.05, 3.63) is 23.8 Å². The molecule has 6 rings (SSSR count). The molecule has 1 amide bonds. The average Bonchev–Trinajstić information content (AvgIpc) is 3.49. The van der Waals surface area contributed by atoms with Crippen molar-refractivity contribution in [3.8, 4) is 5.75 Å². The number of hydrogen-bond donors (Lipinski definition) is 2. The number of ether oxygens (including phenoxy) is 1. The van der Waals surface area contributed by atoms with Gasteiger partial charge in [0.25, 0.3) is 5.91 Å². The van der Waals surface area contributed by atoms with Gasteiger partial charge in [-0.05, 0) is 99.7 Å². The van der Waals surface area contributed by atoms with Crippen LogP contribution in [-0.2, 0) is 10.0 Å². The maximum atomic E-state index is 13.1. The van der Waals surface area contributed by atoms with Gasteiger partial charge in [-0.15, -0.1) is 0 Å². The lowest BCUT2D eigenvalue weighted by molar-refractivity contribution is -0.0688. The van der Waals surface area contributed by atoms with Crippen molar-refractivity contribution < 1.29 is 17.9 Å². The van der Waals surface area contributed by atoms with Crippen LogP contribution in [0.3, 0.4) is 0 Å². The van der Waals surface area contributed by atoms with E-state index >= 15 is 0 Å². The summed E-state index contributed by atoms with van der Waals surface area (Å²) < 4.78 is 33.5. The van der Waals surface area contributed by atoms with Crippen LogP contribution >= 0.6 is 0 Å². The fourth-order valence-electron chi connectivity index (χ4n) is 6.65. The molecule has 1 atom stereocenters. The van der Waals surface area contributed by atoms with Crippen molar-refractivity contribution in [2.75, 3.05) is 7.11 Å². The van der Waals surface area contributed by atoms with Crippen LogP contribution in [0.4, 0.5) is 0 Å². The zero-order chi connectivity index (χ0) is 21.1. The molecule has 4 bridgehead atoms. The Hall–Kier alpha value is -1.60. The maximum Gasteiger partial charge on any atom is 0.251 e. The molecule has 1 aromatic carbocycles. The Morgan fingerprint density at radius 1 is 1.10 bits per heavy atom. The van der Waals surface area contributed by atoms with Gasteiger partial charge in [-0.25, -0.2) is 13.1 Å². The van der Waals surface area contributed by atoms with Crippen LogP contribution in [0.25, 0.3) is 0 Å². The fraction of sp³-hybridized carbons (Fsp3) is 0.696. The van der Waals surface area contributed by atoms with Crippen molar-refractivity contribution in [2.45, 2.75) is 75.3 Å². The average molecular weight is 433 g/mol. The van der Waals surface area contributed by atoms with Gasteiger partial charge in [0, 0.05) is 17.6 Å². The van der Waals surface area contributed by atoms with Crippen LogP contribution in [0.1, 0.15) is 68.6 Å². The molecule has 1 aromatic rings. The predicted octanol–water partition coefficient (Wildman–Crippen LogP) is 3.47. The minimum absolute atomic E-state index is 0.00621. The minimum Gasteiger partial charge on any atom is -0.495 e. The number of rotatable bonds is 7. The lowest BCUT2D eigenvalue weighted by atomic mass is 9.48. The van der Waals surface area contributed by atoms with Crippen molar-refractivity contribution in [1.29, 1.82) is 0 Å². The number of benzene rings is 1. The zero-order valence-corrected chi connectivity index (χ0v) is 18.6. The molecule has 0 heterocycles. The molecular formula is C23H32N2O4S. The number of carbonyl (C=O) groups is 1. The molecule has 0 aliphatic heterocycles. The molecule has 0 aromatic heterocycles. The monoisotopic (exact) mass is 432 g/mol. The van der Waals surface area contributed by atoms with Gasteiger partial charge >= 0.3 is 0 Å². The van der Waals surface area contributed by atoms with Crippen LogP contribution < -0.4 is 14.8 Å². The third-order valence-corrected chi connectivity index (χ3v) is 9.51. The minimum atomic E-state index is -3.72. The van der Waals surface area contributed by atoms with E-state index in [1.54, 1.807) is 12.1 Å². The van der Waals surface area contributed by atoms with Crippen LogP contribution in [0.2, 0.25) is 0 Å². The molecular weight excluding hydrogens is 400 g/mol. The Morgan fingerprint density at radius 3 is 2.23 bits per heavy atom. The lowest BCUT2D eigenvalue weighted by Crippen LogP contribution is -2.55. The second kappa shape index (κ2) is 7.23. The number of sulfonamides is 1. The molecule has 0 saturated heterocycles. The topological polar surface area (TPSA) is 84.5 Å². The molecule has 1 unspecified atom stereocenters. The van der Waals surface area contributed by atoms with E-state index in [1.165, 1.54) is 51.7 Å². The van der Waals surface area contributed by atoms with E-state index in [-0.39, 0.29) is 34.1 Å². The Labute approximate surface area is 179 Å². The van der Waals surface area contributed by atoms with Gasteiger partial charge in [0.2, 0.25) is 10.0 Å². The summed E-state index contributed by atoms with van der Waals surface area (Å²) in [6, 6.07) is 4.76. The van der Waals surface area contributed by atoms with Gasteiger partial charge < -0.3 is 10.1 Å². The number of amides is 1. The van der Waals surface area contributed by atoms with E-state index in [1.807, 2.05) is 0 Å². The van der Waals surface area contributed by atoms with Gasteiger partial charge in [0.15, 0.2) is 0 Å². The normalized spacial score (nSPS) is 33.3. The van der Waals surface area contributed by atoms with Crippen LogP contribution in [-0.4, -0.2) is 33.5 Å². The van der Waals surface area contributed by atoms with E-state index < -0.39 is 10.0 Å². The van der Waals surface area contributed by atoms with Gasteiger partial charge in [-0.3, -0.25) is 4.79 Å². The maximum absolute atomic E-state index is 13.1. The van der Waals surface area contributed by atoms with Gasteiger partial charge in [-0.1, -0.05) is 0 Å². The van der Waals surface area contributed by atoms with Crippen molar-refractivity contribution in [2.24, 2.45) is 23.2 Å². The molecule has 7 heteroatoms. The first-order valence-corrected chi connectivity index (χ1v) is 12.8. The summed E-state index contributed by atoms with van der Waals surface area (Å²) in [5, 5.41) is 3.23. The third kappa shape index (κ3) is 3.64. The van der Waals surface area contributed by atoms with Crippen LogP contribution in [0, 0.1) is 23.2 Å². The molecule has 5 fully saturated rings. The predicted molar refractivity (Wildman–Crippen MR) is 114 cm³/mol. The number of nitrogens with one attached hydrogen (secondary N) is 2. The highest BCUT2D eigenvalue weighted by Gasteiger charge is 2.53. The first kappa shape index (κ1) is 20.3. The Morgan fingerprint density at radius 2 is 1.70 bits per heavy atom. The van der Waals surface area contributed by atoms with E-state index in [4.69, 9.17) is 4.74 Å². The standard InChI is InChI=1S/C23H32N2O4S/c1-14(23-11-15-7-16(12-23)9-17(8-15)13-23)24-22(26)18-3-6-20(29-2)21(10-18)30(27,28)25-19-4-5-19/h3,6,10,14-17,19,25H,4-5,7-9,11-13H2,1-2H3,(H,24,26). The van der Waals surface area contributed by atoms with Crippen LogP contribution in [0.15, 0.2) is 23.1 Å². The third-order valence-electron chi connectivity index (χ3n) is 7.97. The molecule has 0 spiro atoms. The molecule has 30 heavy (non-hydrogen) atoms. The summed E-state index contributed by atoms with van der Waals surface area (Å²) >= 11 is 0. The van der Waals surface area contributed by atoms with E-state index in [0.717, 1.165) is 30.6 Å². The lowest BCUT2D eigenvalue weighted by Gasteiger charge is -2.59. The largest absolute Gasteiger partial charge is 0.495 e. The second-order valence-corrected chi connectivity index (χ2v) is 11.9. The van der Waals surface area contributed by atoms with E-state index in [2.05, 4.69) is 17.0 Å². The smallest absolute Gasteiger partial charge is 0.251 e. The van der Waals surface area contributed by atoms with Gasteiger partial charge in [0.05, 0.1) is 7.11 Å². The summed E-state index contributed by atoms with van der Waals surface area (Å²) in [4.78, 5) is 13.1. The quantitative estimate of drug-likeness (QED) is 0.691. The van der Waals surface area contributed by atoms with E-state index in [9.17, 15) is 13.2 Å². The highest BCUT2D eigenvalue weighted by atomic mass is 32.2. The Balaban J connectivity index is 1.35. The summed E-state index contributed by atoms with van der Waals surface area (Å²) in [6.45, 7) is 2.14. The fourth-order valence-corrected chi connectivity index (χ4v) is 8.15. The zero-order valence-electron chi connectivity index (χ0n) is 17.8. The second-order valence-electron chi connectivity index (χ2n) is 10.2. The van der Waals surface area contributed by atoms with E-state index in [0.29, 0.717) is 5.56 Å². The molecule has 5 aliphatic carbocycles. The molecule has 5 aliphatic rings. The van der Waals surface area contributed by atoms with Gasteiger partial charge in [-0.2, -0.15) is 0 Å². The first-order valence-electron chi connectivity index (χ1n) is 11.3. The summed E-state index contributed by atoms with van der Waals surface area (Å²) in [5.74, 6) is 2.52. The highest BCUT2D eigenvalue weighted by molar-refractivity contribution is 7.89. The summed E-state index contributed by atoms with van der Waals surface area (Å²) in [7, 11) is -2.27. The molecule has 2 N–H and O–H groups in total. The number of carbonyl (C=O) groups excluding carboxylic acids is 1. The number of methoxy groups -OCH3 is 1. The first-order chi connectivity index (χ1) is 14.3. The van der Waals surface area contributed by atoms with Gasteiger partial charge in [0.1, 0.15) is 10.6 Å². The molecule has 5 saturated carbocycles. The molecule has 6 nitrogen and oxygen atoms in total. The van der Waals surface area contributed by atoms with Crippen LogP contribution in [0.5, 0.6) is 5.75 Å². The number of hydrogen-bond acceptors (Lipinski definition) is 4. The summed E-state index contributed by atoms with van der Waals surface area (Å²) in [5.41, 5.74) is 0.572. The Bertz CT molecular complexity index is 919. The Kier molecular flexibility index (Phi) is 4.89. The molecule has 164 valence electrons. The molecule has 0 radical (unpaired) electrons. The van der Waals surface area contributed by atoms with Crippen molar-refractivity contribution >= 4 is 15.9 Å². The summed E-state index contributed by atoms with van der Waals surface area (Å²) in [6.07, 6.45) is 9.46. The van der Waals surface area contributed by atoms with Crippen molar-refractivity contribution in [1.82, 2.24) is 10.0 Å².